The summed E-state index contributed by atoms with van der Waals surface area (Å²) in [5, 5.41) is 2.24. The molecule has 2 aromatic heterocycles. The minimum atomic E-state index is 0.633. The monoisotopic (exact) mass is 891 g/mol. The van der Waals surface area contributed by atoms with Crippen molar-refractivity contribution in [2.24, 2.45) is 0 Å². The highest BCUT2D eigenvalue weighted by Crippen LogP contribution is 2.40. The normalized spacial score (nSPS) is 11.1. The first kappa shape index (κ1) is 42.1. The minimum Gasteiger partial charge on any atom is -0.256 e. The molecule has 0 radical (unpaired) electrons. The predicted molar refractivity (Wildman–Crippen MR) is 292 cm³/mol. The third-order valence-corrected chi connectivity index (χ3v) is 13.1. The Kier molecular flexibility index (Phi) is 11.3. The van der Waals surface area contributed by atoms with Gasteiger partial charge in [-0.3, -0.25) is 4.98 Å². The molecule has 0 atom stereocenters. The Bertz CT molecular complexity index is 3750. The molecule has 2 heterocycles. The van der Waals surface area contributed by atoms with Crippen LogP contribution in [0.2, 0.25) is 0 Å². The summed E-state index contributed by atoms with van der Waals surface area (Å²) in [6.45, 7) is 0. The topological polar surface area (TPSA) is 38.7 Å². The summed E-state index contributed by atoms with van der Waals surface area (Å²) in [4.78, 5) is 15.8. The Hall–Kier alpha value is -9.31. The molecule has 0 saturated heterocycles. The fourth-order valence-corrected chi connectivity index (χ4v) is 9.61. The molecule has 0 aliphatic carbocycles. The van der Waals surface area contributed by atoms with Gasteiger partial charge < -0.3 is 0 Å². The van der Waals surface area contributed by atoms with Gasteiger partial charge in [0.2, 0.25) is 0 Å². The van der Waals surface area contributed by atoms with Crippen molar-refractivity contribution in [3.8, 4) is 112 Å². The fraction of sp³-hybridized carbons (Fsp3) is 0. The zero-order chi connectivity index (χ0) is 46.6. The van der Waals surface area contributed by atoms with Gasteiger partial charge in [0.15, 0.2) is 5.82 Å². The summed E-state index contributed by atoms with van der Waals surface area (Å²) in [7, 11) is 0. The number of aromatic nitrogens is 3. The van der Waals surface area contributed by atoms with Crippen LogP contribution < -0.4 is 0 Å². The number of pyridine rings is 1. The van der Waals surface area contributed by atoms with Crippen LogP contribution >= 0.6 is 0 Å². The third-order valence-electron chi connectivity index (χ3n) is 13.1. The van der Waals surface area contributed by atoms with E-state index in [1.54, 1.807) is 0 Å². The van der Waals surface area contributed by atoms with Gasteiger partial charge in [0, 0.05) is 33.8 Å². The van der Waals surface area contributed by atoms with Crippen LogP contribution in [0.3, 0.4) is 0 Å². The van der Waals surface area contributed by atoms with Crippen LogP contribution in [0.4, 0.5) is 0 Å². The van der Waals surface area contributed by atoms with Crippen LogP contribution in [0.15, 0.2) is 273 Å². The molecule has 12 aromatic rings. The van der Waals surface area contributed by atoms with E-state index in [-0.39, 0.29) is 0 Å². The van der Waals surface area contributed by atoms with E-state index >= 15 is 0 Å². The van der Waals surface area contributed by atoms with Crippen LogP contribution in [-0.4, -0.2) is 15.0 Å². The van der Waals surface area contributed by atoms with E-state index in [2.05, 4.69) is 267 Å². The van der Waals surface area contributed by atoms with E-state index < -0.39 is 0 Å². The van der Waals surface area contributed by atoms with Crippen molar-refractivity contribution < 1.29 is 0 Å². The smallest absolute Gasteiger partial charge is 0.160 e. The van der Waals surface area contributed by atoms with E-state index in [0.29, 0.717) is 5.82 Å². The second kappa shape index (κ2) is 18.8. The van der Waals surface area contributed by atoms with Gasteiger partial charge in [-0.15, -0.1) is 0 Å². The quantitative estimate of drug-likeness (QED) is 0.137. The molecule has 0 amide bonds. The molecule has 0 spiro atoms. The summed E-state index contributed by atoms with van der Waals surface area (Å²) >= 11 is 0. The van der Waals surface area contributed by atoms with Crippen molar-refractivity contribution in [2.75, 3.05) is 0 Å². The summed E-state index contributed by atoms with van der Waals surface area (Å²) in [6, 6.07) is 94.8. The Morgan fingerprint density at radius 3 is 1.26 bits per heavy atom. The van der Waals surface area contributed by atoms with Gasteiger partial charge in [-0.05, 0) is 133 Å². The first-order valence-corrected chi connectivity index (χ1v) is 23.7. The van der Waals surface area contributed by atoms with Crippen molar-refractivity contribution in [1.82, 2.24) is 15.0 Å². The second-order valence-electron chi connectivity index (χ2n) is 17.6. The number of nitrogens with zero attached hydrogens (tertiary/aromatic N) is 3. The molecule has 12 rings (SSSR count). The van der Waals surface area contributed by atoms with Crippen molar-refractivity contribution in [2.45, 2.75) is 0 Å². The summed E-state index contributed by atoms with van der Waals surface area (Å²) in [5.74, 6) is 0.633. The van der Waals surface area contributed by atoms with Crippen molar-refractivity contribution >= 4 is 10.8 Å². The number of fused-ring (bicyclic) bond motifs is 1. The van der Waals surface area contributed by atoms with E-state index in [0.717, 1.165) is 94.6 Å². The maximum Gasteiger partial charge on any atom is 0.160 e. The van der Waals surface area contributed by atoms with Crippen LogP contribution in [0.1, 0.15) is 0 Å². The maximum absolute atomic E-state index is 5.49. The van der Waals surface area contributed by atoms with Crippen molar-refractivity contribution in [3.63, 3.8) is 0 Å². The molecule has 0 saturated carbocycles. The van der Waals surface area contributed by atoms with Gasteiger partial charge in [-0.25, -0.2) is 9.97 Å². The second-order valence-corrected chi connectivity index (χ2v) is 17.6. The Morgan fingerprint density at radius 2 is 0.629 bits per heavy atom. The van der Waals surface area contributed by atoms with E-state index in [4.69, 9.17) is 15.0 Å². The van der Waals surface area contributed by atoms with E-state index in [1.807, 2.05) is 6.20 Å². The van der Waals surface area contributed by atoms with Crippen molar-refractivity contribution in [1.29, 1.82) is 0 Å². The molecule has 328 valence electrons. The Labute approximate surface area is 408 Å². The predicted octanol–water partition coefficient (Wildman–Crippen LogP) is 17.7. The first-order chi connectivity index (χ1) is 34.7. The summed E-state index contributed by atoms with van der Waals surface area (Å²) < 4.78 is 0. The lowest BCUT2D eigenvalue weighted by Gasteiger charge is -2.16. The van der Waals surface area contributed by atoms with Gasteiger partial charge in [-0.2, -0.15) is 0 Å². The van der Waals surface area contributed by atoms with Gasteiger partial charge in [0.05, 0.1) is 17.1 Å². The number of rotatable bonds is 10. The van der Waals surface area contributed by atoms with Gasteiger partial charge in [0.25, 0.3) is 0 Å². The fourth-order valence-electron chi connectivity index (χ4n) is 9.61. The molecule has 0 bridgehead atoms. The maximum atomic E-state index is 5.49. The largest absolute Gasteiger partial charge is 0.256 e. The molecular weight excluding hydrogens is 847 g/mol. The lowest BCUT2D eigenvalue weighted by Crippen LogP contribution is -1.97. The first-order valence-electron chi connectivity index (χ1n) is 23.7. The number of hydrogen-bond acceptors (Lipinski definition) is 3. The highest BCUT2D eigenvalue weighted by molar-refractivity contribution is 5.95. The number of hydrogen-bond donors (Lipinski definition) is 0. The summed E-state index contributed by atoms with van der Waals surface area (Å²) in [6.07, 6.45) is 1.89. The molecule has 3 nitrogen and oxygen atoms in total. The third kappa shape index (κ3) is 8.60. The van der Waals surface area contributed by atoms with Crippen LogP contribution in [0, 0.1) is 0 Å². The van der Waals surface area contributed by atoms with Crippen LogP contribution in [-0.2, 0) is 0 Å². The molecule has 0 aliphatic heterocycles. The Balaban J connectivity index is 1.05. The lowest BCUT2D eigenvalue weighted by molar-refractivity contribution is 1.18. The molecule has 0 unspecified atom stereocenters. The average molecular weight is 892 g/mol. The van der Waals surface area contributed by atoms with Gasteiger partial charge in [0.1, 0.15) is 0 Å². The highest BCUT2D eigenvalue weighted by atomic mass is 14.9. The van der Waals surface area contributed by atoms with E-state index in [1.165, 1.54) is 22.3 Å². The average Bonchev–Trinajstić information content (AvgIpc) is 3.45. The molecule has 0 fully saturated rings. The van der Waals surface area contributed by atoms with Crippen LogP contribution in [0.25, 0.3) is 123 Å². The highest BCUT2D eigenvalue weighted by Gasteiger charge is 2.17. The molecular formula is C67H45N3. The zero-order valence-corrected chi connectivity index (χ0v) is 38.3. The zero-order valence-electron chi connectivity index (χ0n) is 38.3. The molecule has 0 N–H and O–H groups in total. The Morgan fingerprint density at radius 1 is 0.229 bits per heavy atom. The molecule has 3 heteroatoms. The SMILES string of the molecule is c1ccc(-c2cc(-c3ccccc3)cc(-c3cccc(-c4cc(-c5cc(-c6ccccc6)cc(-c6ccccc6-c6ccccc6)c5)nc(-c5cccc(-c6nccc7ccccc67)c5)n4)c3)c2)cc1. The van der Waals surface area contributed by atoms with Crippen molar-refractivity contribution in [3.05, 3.63) is 273 Å². The summed E-state index contributed by atoms with van der Waals surface area (Å²) in [5.41, 5.74) is 20.2. The molecule has 0 aliphatic rings. The molecule has 70 heavy (non-hydrogen) atoms. The van der Waals surface area contributed by atoms with Gasteiger partial charge in [-0.1, -0.05) is 206 Å². The van der Waals surface area contributed by atoms with Gasteiger partial charge >= 0.3 is 0 Å². The standard InChI is InChI=1S/C67H45N3/c1-5-19-46(20-6-1)55-39-56(47-21-7-2-8-22-47)41-58(40-55)51-28-17-29-52(37-51)64-45-65(70-67(69-64)54-31-18-30-53(38-54)66-63-34-14-13-27-50(63)35-36-68-66)60-43-57(48-23-9-3-10-24-48)42-59(44-60)62-33-16-15-32-61(62)49-25-11-4-12-26-49/h1-45H. The van der Waals surface area contributed by atoms with Crippen LogP contribution in [0.5, 0.6) is 0 Å². The number of benzene rings is 10. The lowest BCUT2D eigenvalue weighted by atomic mass is 9.90. The minimum absolute atomic E-state index is 0.633. The van der Waals surface area contributed by atoms with E-state index in [9.17, 15) is 0 Å². The molecule has 10 aromatic carbocycles.